The average Bonchev–Trinajstić information content (AvgIpc) is 2.47. The molecule has 114 valence electrons. The smallest absolute Gasteiger partial charge is 0.326 e. The summed E-state index contributed by atoms with van der Waals surface area (Å²) in [6, 6.07) is 6.11. The first-order valence-electron chi connectivity index (χ1n) is 7.31. The highest BCUT2D eigenvalue weighted by molar-refractivity contribution is 5.96. The average molecular weight is 291 g/mol. The van der Waals surface area contributed by atoms with Gasteiger partial charge in [0.05, 0.1) is 6.61 Å². The van der Waals surface area contributed by atoms with Crippen LogP contribution in [-0.2, 0) is 4.79 Å². The van der Waals surface area contributed by atoms with Gasteiger partial charge in [-0.3, -0.25) is 4.79 Å². The third-order valence-corrected chi connectivity index (χ3v) is 3.86. The zero-order chi connectivity index (χ0) is 15.4. The molecule has 1 aliphatic rings. The fraction of sp³-hybridized carbons (Fsp3) is 0.500. The summed E-state index contributed by atoms with van der Waals surface area (Å²) in [5, 5.41) is 9.38. The Morgan fingerprint density at radius 3 is 2.57 bits per heavy atom. The molecule has 0 spiro atoms. The molecular formula is C16H21NO4. The molecule has 1 amide bonds. The van der Waals surface area contributed by atoms with Crippen molar-refractivity contribution in [2.75, 3.05) is 13.2 Å². The molecule has 2 rings (SSSR count). The minimum atomic E-state index is -0.929. The number of likely N-dealkylation sites (tertiary alicyclic amines) is 1. The number of aliphatic carboxylic acids is 1. The molecule has 21 heavy (non-hydrogen) atoms. The van der Waals surface area contributed by atoms with Gasteiger partial charge < -0.3 is 14.7 Å². The molecule has 1 aromatic rings. The number of ether oxygens (including phenoxy) is 1. The molecule has 1 N–H and O–H groups in total. The van der Waals surface area contributed by atoms with Crippen molar-refractivity contribution in [2.24, 2.45) is 5.92 Å². The Hall–Kier alpha value is -2.04. The standard InChI is InChI=1S/C16H21NO4/c1-3-21-13-8-6-12(7-9-13)15(18)17-10-4-5-11(2)14(17)16(19)20/h6-9,11,14H,3-5,10H2,1-2H3,(H,19,20). The first-order valence-corrected chi connectivity index (χ1v) is 7.31. The normalized spacial score (nSPS) is 21.9. The Morgan fingerprint density at radius 2 is 2.00 bits per heavy atom. The predicted molar refractivity (Wildman–Crippen MR) is 78.5 cm³/mol. The first kappa shape index (κ1) is 15.4. The number of nitrogens with zero attached hydrogens (tertiary/aromatic N) is 1. The van der Waals surface area contributed by atoms with Crippen LogP contribution in [0.1, 0.15) is 37.0 Å². The number of rotatable bonds is 4. The van der Waals surface area contributed by atoms with Gasteiger partial charge in [0.2, 0.25) is 0 Å². The third-order valence-electron chi connectivity index (χ3n) is 3.86. The molecule has 5 heteroatoms. The number of hydrogen-bond acceptors (Lipinski definition) is 3. The fourth-order valence-electron chi connectivity index (χ4n) is 2.82. The van der Waals surface area contributed by atoms with Crippen molar-refractivity contribution in [1.82, 2.24) is 4.90 Å². The van der Waals surface area contributed by atoms with Crippen molar-refractivity contribution < 1.29 is 19.4 Å². The van der Waals surface area contributed by atoms with Gasteiger partial charge in [-0.25, -0.2) is 4.79 Å². The van der Waals surface area contributed by atoms with E-state index in [4.69, 9.17) is 4.74 Å². The van der Waals surface area contributed by atoms with Crippen LogP contribution in [0.25, 0.3) is 0 Å². The zero-order valence-electron chi connectivity index (χ0n) is 12.4. The van der Waals surface area contributed by atoms with E-state index in [1.54, 1.807) is 24.3 Å². The van der Waals surface area contributed by atoms with Gasteiger partial charge in [0, 0.05) is 12.1 Å². The minimum Gasteiger partial charge on any atom is -0.494 e. The monoisotopic (exact) mass is 291 g/mol. The third kappa shape index (κ3) is 3.35. The van der Waals surface area contributed by atoms with Crippen LogP contribution in [0.2, 0.25) is 0 Å². The SMILES string of the molecule is CCOc1ccc(C(=O)N2CCCC(C)C2C(=O)O)cc1. The van der Waals surface area contributed by atoms with Crippen LogP contribution in [0.15, 0.2) is 24.3 Å². The van der Waals surface area contributed by atoms with Gasteiger partial charge in [0.15, 0.2) is 0 Å². The summed E-state index contributed by atoms with van der Waals surface area (Å²) in [7, 11) is 0. The van der Waals surface area contributed by atoms with Crippen LogP contribution < -0.4 is 4.74 Å². The number of carbonyl (C=O) groups excluding carboxylic acids is 1. The van der Waals surface area contributed by atoms with E-state index in [1.165, 1.54) is 4.90 Å². The van der Waals surface area contributed by atoms with Gasteiger partial charge in [0.1, 0.15) is 11.8 Å². The van der Waals surface area contributed by atoms with Crippen molar-refractivity contribution in [3.05, 3.63) is 29.8 Å². The van der Waals surface area contributed by atoms with E-state index in [0.29, 0.717) is 24.5 Å². The summed E-state index contributed by atoms with van der Waals surface area (Å²) >= 11 is 0. The second-order valence-corrected chi connectivity index (χ2v) is 5.36. The van der Waals surface area contributed by atoms with Gasteiger partial charge in [0.25, 0.3) is 5.91 Å². The molecule has 1 saturated heterocycles. The van der Waals surface area contributed by atoms with Crippen LogP contribution in [0.3, 0.4) is 0 Å². The number of piperidine rings is 1. The number of hydrogen-bond donors (Lipinski definition) is 1. The van der Waals surface area contributed by atoms with E-state index < -0.39 is 12.0 Å². The Morgan fingerprint density at radius 1 is 1.33 bits per heavy atom. The molecule has 1 aliphatic heterocycles. The number of carboxylic acids is 1. The lowest BCUT2D eigenvalue weighted by atomic mass is 9.90. The summed E-state index contributed by atoms with van der Waals surface area (Å²) < 4.78 is 5.34. The lowest BCUT2D eigenvalue weighted by Gasteiger charge is -2.37. The molecule has 1 fully saturated rings. The second-order valence-electron chi connectivity index (χ2n) is 5.36. The van der Waals surface area contributed by atoms with Gasteiger partial charge in [-0.05, 0) is 49.9 Å². The van der Waals surface area contributed by atoms with E-state index in [-0.39, 0.29) is 11.8 Å². The molecule has 0 aliphatic carbocycles. The van der Waals surface area contributed by atoms with Gasteiger partial charge in [-0.15, -0.1) is 0 Å². The number of benzene rings is 1. The number of carboxylic acid groups (broad SMARTS) is 1. The lowest BCUT2D eigenvalue weighted by Crippen LogP contribution is -2.51. The van der Waals surface area contributed by atoms with E-state index in [1.807, 2.05) is 13.8 Å². The largest absolute Gasteiger partial charge is 0.494 e. The molecule has 2 atom stereocenters. The van der Waals surface area contributed by atoms with Gasteiger partial charge in [-0.1, -0.05) is 6.92 Å². The molecular weight excluding hydrogens is 270 g/mol. The van der Waals surface area contributed by atoms with Crippen LogP contribution in [-0.4, -0.2) is 41.1 Å². The van der Waals surface area contributed by atoms with Crippen LogP contribution in [0.5, 0.6) is 5.75 Å². The summed E-state index contributed by atoms with van der Waals surface area (Å²) in [6.07, 6.45) is 1.68. The van der Waals surface area contributed by atoms with E-state index in [0.717, 1.165) is 12.8 Å². The fourth-order valence-corrected chi connectivity index (χ4v) is 2.82. The minimum absolute atomic E-state index is 0.0251. The lowest BCUT2D eigenvalue weighted by molar-refractivity contribution is -0.145. The maximum Gasteiger partial charge on any atom is 0.326 e. The highest BCUT2D eigenvalue weighted by atomic mass is 16.5. The Kier molecular flexibility index (Phi) is 4.83. The molecule has 0 bridgehead atoms. The predicted octanol–water partition coefficient (Wildman–Crippen LogP) is 2.41. The summed E-state index contributed by atoms with van der Waals surface area (Å²) in [4.78, 5) is 25.5. The van der Waals surface area contributed by atoms with Gasteiger partial charge in [-0.2, -0.15) is 0 Å². The van der Waals surface area contributed by atoms with Crippen molar-refractivity contribution in [3.8, 4) is 5.75 Å². The van der Waals surface area contributed by atoms with E-state index in [9.17, 15) is 14.7 Å². The summed E-state index contributed by atoms with van der Waals surface area (Å²) in [5.41, 5.74) is 0.499. The highest BCUT2D eigenvalue weighted by Crippen LogP contribution is 2.25. The Balaban J connectivity index is 2.18. The molecule has 0 saturated carbocycles. The van der Waals surface area contributed by atoms with Crippen molar-refractivity contribution >= 4 is 11.9 Å². The zero-order valence-corrected chi connectivity index (χ0v) is 12.4. The highest BCUT2D eigenvalue weighted by Gasteiger charge is 2.37. The number of amides is 1. The van der Waals surface area contributed by atoms with Crippen LogP contribution in [0.4, 0.5) is 0 Å². The van der Waals surface area contributed by atoms with Crippen molar-refractivity contribution in [2.45, 2.75) is 32.7 Å². The molecule has 2 unspecified atom stereocenters. The summed E-state index contributed by atoms with van der Waals surface area (Å²) in [5.74, 6) is -0.475. The van der Waals surface area contributed by atoms with Crippen LogP contribution >= 0.6 is 0 Å². The summed E-state index contributed by atoms with van der Waals surface area (Å²) in [6.45, 7) is 4.84. The molecule has 0 radical (unpaired) electrons. The van der Waals surface area contributed by atoms with Crippen molar-refractivity contribution in [3.63, 3.8) is 0 Å². The molecule has 0 aromatic heterocycles. The quantitative estimate of drug-likeness (QED) is 0.925. The molecule has 1 aromatic carbocycles. The topological polar surface area (TPSA) is 66.8 Å². The van der Waals surface area contributed by atoms with E-state index >= 15 is 0 Å². The maximum absolute atomic E-state index is 12.6. The van der Waals surface area contributed by atoms with Gasteiger partial charge >= 0.3 is 5.97 Å². The maximum atomic E-state index is 12.6. The Labute approximate surface area is 124 Å². The number of carbonyl (C=O) groups is 2. The Bertz CT molecular complexity index is 512. The van der Waals surface area contributed by atoms with E-state index in [2.05, 4.69) is 0 Å². The van der Waals surface area contributed by atoms with Crippen molar-refractivity contribution in [1.29, 1.82) is 0 Å². The van der Waals surface area contributed by atoms with Crippen LogP contribution in [0, 0.1) is 5.92 Å². The molecule has 1 heterocycles. The first-order chi connectivity index (χ1) is 10.0. The second kappa shape index (κ2) is 6.61. The molecule has 5 nitrogen and oxygen atoms in total.